The molecule has 0 amide bonds. The third-order valence-electron chi connectivity index (χ3n) is 2.73. The summed E-state index contributed by atoms with van der Waals surface area (Å²) in [4.78, 5) is 0.653. The van der Waals surface area contributed by atoms with Crippen LogP contribution in [-0.2, 0) is 0 Å². The fourth-order valence-corrected chi connectivity index (χ4v) is 2.67. The van der Waals surface area contributed by atoms with Crippen LogP contribution >= 0.6 is 11.8 Å². The van der Waals surface area contributed by atoms with Crippen molar-refractivity contribution in [2.45, 2.75) is 17.9 Å². The smallest absolute Gasteiger partial charge is 0.136 e. The number of benzene rings is 2. The number of hydrogen-bond acceptors (Lipinski definition) is 2. The lowest BCUT2D eigenvalue weighted by Gasteiger charge is -2.12. The summed E-state index contributed by atoms with van der Waals surface area (Å²) in [6.45, 7) is 2.04. The van der Waals surface area contributed by atoms with Gasteiger partial charge in [-0.05, 0) is 24.6 Å². The zero-order valence-corrected chi connectivity index (χ0v) is 11.1. The van der Waals surface area contributed by atoms with Crippen molar-refractivity contribution < 1.29 is 4.39 Å². The fourth-order valence-electron chi connectivity index (χ4n) is 1.74. The number of halogens is 1. The van der Waals surface area contributed by atoms with Gasteiger partial charge in [-0.15, -0.1) is 11.8 Å². The van der Waals surface area contributed by atoms with E-state index >= 15 is 0 Å². The molecule has 0 aliphatic carbocycles. The molecule has 0 radical (unpaired) electrons. The standard InChI is InChI=1S/C15H16FNS/c1-11-5-4-6-12(9-11)14(17)10-18-15-8-3-2-7-13(15)16/h2-9,14H,10,17H2,1H3. The molecule has 2 N–H and O–H groups in total. The first-order valence-electron chi connectivity index (χ1n) is 5.86. The number of nitrogens with two attached hydrogens (primary N) is 1. The van der Waals surface area contributed by atoms with Gasteiger partial charge in [0.05, 0.1) is 0 Å². The predicted molar refractivity (Wildman–Crippen MR) is 75.2 cm³/mol. The summed E-state index contributed by atoms with van der Waals surface area (Å²) in [5.74, 6) is 0.489. The van der Waals surface area contributed by atoms with E-state index in [0.29, 0.717) is 10.6 Å². The van der Waals surface area contributed by atoms with E-state index in [1.807, 2.05) is 31.2 Å². The van der Waals surface area contributed by atoms with Crippen LogP contribution in [0, 0.1) is 12.7 Å². The van der Waals surface area contributed by atoms with E-state index in [1.165, 1.54) is 23.4 Å². The van der Waals surface area contributed by atoms with Gasteiger partial charge in [-0.2, -0.15) is 0 Å². The van der Waals surface area contributed by atoms with Gasteiger partial charge in [0.15, 0.2) is 0 Å². The zero-order valence-electron chi connectivity index (χ0n) is 10.3. The molecule has 0 saturated heterocycles. The van der Waals surface area contributed by atoms with Gasteiger partial charge in [0.2, 0.25) is 0 Å². The maximum atomic E-state index is 13.4. The van der Waals surface area contributed by atoms with Gasteiger partial charge < -0.3 is 5.73 Å². The molecule has 3 heteroatoms. The molecule has 0 bridgehead atoms. The predicted octanol–water partition coefficient (Wildman–Crippen LogP) is 3.93. The highest BCUT2D eigenvalue weighted by atomic mass is 32.2. The minimum absolute atomic E-state index is 0.0745. The Morgan fingerprint density at radius 1 is 1.17 bits per heavy atom. The van der Waals surface area contributed by atoms with Crippen molar-refractivity contribution in [1.29, 1.82) is 0 Å². The topological polar surface area (TPSA) is 26.0 Å². The summed E-state index contributed by atoms with van der Waals surface area (Å²) in [7, 11) is 0. The highest BCUT2D eigenvalue weighted by Crippen LogP contribution is 2.25. The molecule has 0 aliphatic heterocycles. The SMILES string of the molecule is Cc1cccc(C(N)CSc2ccccc2F)c1. The number of aryl methyl sites for hydroxylation is 1. The molecule has 2 rings (SSSR count). The van der Waals surface area contributed by atoms with Crippen molar-refractivity contribution in [2.75, 3.05) is 5.75 Å². The van der Waals surface area contributed by atoms with Gasteiger partial charge >= 0.3 is 0 Å². The van der Waals surface area contributed by atoms with Crippen LogP contribution in [0.25, 0.3) is 0 Å². The number of hydrogen-bond donors (Lipinski definition) is 1. The molecule has 18 heavy (non-hydrogen) atoms. The second-order valence-corrected chi connectivity index (χ2v) is 5.32. The van der Waals surface area contributed by atoms with E-state index in [4.69, 9.17) is 5.73 Å². The quantitative estimate of drug-likeness (QED) is 0.844. The molecule has 1 nitrogen and oxygen atoms in total. The molecule has 0 fully saturated rings. The Morgan fingerprint density at radius 2 is 1.94 bits per heavy atom. The van der Waals surface area contributed by atoms with Crippen molar-refractivity contribution in [3.63, 3.8) is 0 Å². The van der Waals surface area contributed by atoms with E-state index in [-0.39, 0.29) is 11.9 Å². The third-order valence-corrected chi connectivity index (χ3v) is 3.89. The molecular formula is C15H16FNS. The molecule has 2 aromatic rings. The average Bonchev–Trinajstić information content (AvgIpc) is 2.37. The van der Waals surface area contributed by atoms with Crippen LogP contribution in [0.5, 0.6) is 0 Å². The van der Waals surface area contributed by atoms with E-state index in [1.54, 1.807) is 12.1 Å². The first kappa shape index (κ1) is 13.1. The van der Waals surface area contributed by atoms with Crippen LogP contribution in [0.4, 0.5) is 4.39 Å². The number of thioether (sulfide) groups is 1. The summed E-state index contributed by atoms with van der Waals surface area (Å²) >= 11 is 1.46. The lowest BCUT2D eigenvalue weighted by molar-refractivity contribution is 0.602. The minimum Gasteiger partial charge on any atom is -0.323 e. The Labute approximate surface area is 111 Å². The Balaban J connectivity index is 2.00. The molecule has 94 valence electrons. The first-order chi connectivity index (χ1) is 8.66. The monoisotopic (exact) mass is 261 g/mol. The third kappa shape index (κ3) is 3.34. The molecule has 0 aliphatic rings. The van der Waals surface area contributed by atoms with Crippen LogP contribution < -0.4 is 5.73 Å². The summed E-state index contributed by atoms with van der Waals surface area (Å²) < 4.78 is 13.4. The van der Waals surface area contributed by atoms with Gasteiger partial charge in [-0.1, -0.05) is 42.0 Å². The Hall–Kier alpha value is -1.32. The average molecular weight is 261 g/mol. The van der Waals surface area contributed by atoms with Gasteiger partial charge in [-0.25, -0.2) is 4.39 Å². The Kier molecular flexibility index (Phi) is 4.39. The fraction of sp³-hybridized carbons (Fsp3) is 0.200. The molecule has 2 aromatic carbocycles. The molecule has 0 saturated carbocycles. The van der Waals surface area contributed by atoms with Crippen LogP contribution in [0.2, 0.25) is 0 Å². The van der Waals surface area contributed by atoms with Crippen molar-refractivity contribution in [2.24, 2.45) is 5.73 Å². The van der Waals surface area contributed by atoms with Crippen LogP contribution in [-0.4, -0.2) is 5.75 Å². The first-order valence-corrected chi connectivity index (χ1v) is 6.85. The molecular weight excluding hydrogens is 245 g/mol. The minimum atomic E-state index is -0.182. The summed E-state index contributed by atoms with van der Waals surface area (Å²) in [5, 5.41) is 0. The molecule has 1 unspecified atom stereocenters. The van der Waals surface area contributed by atoms with Gasteiger partial charge in [-0.3, -0.25) is 0 Å². The van der Waals surface area contributed by atoms with E-state index < -0.39 is 0 Å². The van der Waals surface area contributed by atoms with E-state index in [0.717, 1.165) is 5.56 Å². The molecule has 1 atom stereocenters. The van der Waals surface area contributed by atoms with Crippen molar-refractivity contribution in [3.05, 3.63) is 65.5 Å². The maximum Gasteiger partial charge on any atom is 0.136 e. The van der Waals surface area contributed by atoms with Crippen LogP contribution in [0.15, 0.2) is 53.4 Å². The lowest BCUT2D eigenvalue weighted by atomic mass is 10.1. The van der Waals surface area contributed by atoms with Crippen molar-refractivity contribution in [3.8, 4) is 0 Å². The Morgan fingerprint density at radius 3 is 2.67 bits per heavy atom. The van der Waals surface area contributed by atoms with Crippen molar-refractivity contribution >= 4 is 11.8 Å². The normalized spacial score (nSPS) is 12.4. The largest absolute Gasteiger partial charge is 0.323 e. The molecule has 0 aromatic heterocycles. The zero-order chi connectivity index (χ0) is 13.0. The summed E-state index contributed by atoms with van der Waals surface area (Å²) in [6.07, 6.45) is 0. The maximum absolute atomic E-state index is 13.4. The van der Waals surface area contributed by atoms with Crippen LogP contribution in [0.1, 0.15) is 17.2 Å². The molecule has 0 heterocycles. The van der Waals surface area contributed by atoms with E-state index in [2.05, 4.69) is 6.07 Å². The summed E-state index contributed by atoms with van der Waals surface area (Å²) in [5.41, 5.74) is 8.41. The van der Waals surface area contributed by atoms with Crippen molar-refractivity contribution in [1.82, 2.24) is 0 Å². The molecule has 0 spiro atoms. The second-order valence-electron chi connectivity index (χ2n) is 4.26. The van der Waals surface area contributed by atoms with Crippen LogP contribution in [0.3, 0.4) is 0 Å². The highest BCUT2D eigenvalue weighted by molar-refractivity contribution is 7.99. The van der Waals surface area contributed by atoms with Gasteiger partial charge in [0.25, 0.3) is 0 Å². The van der Waals surface area contributed by atoms with Gasteiger partial charge in [0, 0.05) is 16.7 Å². The number of rotatable bonds is 4. The summed E-state index contributed by atoms with van der Waals surface area (Å²) in [6, 6.07) is 14.8. The highest BCUT2D eigenvalue weighted by Gasteiger charge is 2.08. The lowest BCUT2D eigenvalue weighted by Crippen LogP contribution is -2.13. The van der Waals surface area contributed by atoms with E-state index in [9.17, 15) is 4.39 Å². The van der Waals surface area contributed by atoms with Gasteiger partial charge in [0.1, 0.15) is 5.82 Å². The second kappa shape index (κ2) is 6.03. The Bertz CT molecular complexity index is 527.